The molecular weight excluding hydrogens is 721 g/mol. The van der Waals surface area contributed by atoms with E-state index >= 15 is 0 Å². The molecule has 3 aromatic carbocycles. The Bertz CT molecular complexity index is 2500. The summed E-state index contributed by atoms with van der Waals surface area (Å²) < 4.78 is 0. The van der Waals surface area contributed by atoms with Crippen LogP contribution in [0.2, 0.25) is 0 Å². The average molecular weight is 797 g/mol. The van der Waals surface area contributed by atoms with Crippen LogP contribution in [0.4, 0.5) is 0 Å². The average Bonchev–Trinajstić information content (AvgIpc) is 3.40. The van der Waals surface area contributed by atoms with Gasteiger partial charge in [0, 0.05) is 5.92 Å². The van der Waals surface area contributed by atoms with Crippen LogP contribution in [-0.2, 0) is 5.41 Å². The van der Waals surface area contributed by atoms with Crippen molar-refractivity contribution in [1.82, 2.24) is 0 Å². The molecule has 0 amide bonds. The van der Waals surface area contributed by atoms with Gasteiger partial charge >= 0.3 is 0 Å². The molecule has 0 aromatic heterocycles. The monoisotopic (exact) mass is 797 g/mol. The van der Waals surface area contributed by atoms with Gasteiger partial charge in [-0.25, -0.2) is 0 Å². The number of hydrogen-bond donors (Lipinski definition) is 0. The Morgan fingerprint density at radius 3 is 2.10 bits per heavy atom. The topological polar surface area (TPSA) is 0 Å². The molecule has 4 unspecified atom stereocenters. The molecular formula is C60H76. The van der Waals surface area contributed by atoms with E-state index < -0.39 is 0 Å². The van der Waals surface area contributed by atoms with Crippen LogP contribution in [0.15, 0.2) is 102 Å². The quantitative estimate of drug-likeness (QED) is 0.248. The van der Waals surface area contributed by atoms with E-state index in [0.29, 0.717) is 23.2 Å². The molecule has 0 heterocycles. The lowest BCUT2D eigenvalue weighted by Gasteiger charge is -2.41. The first kappa shape index (κ1) is 42.8. The first-order valence-corrected chi connectivity index (χ1v) is 23.7. The Hall–Kier alpha value is -3.90. The standard InChI is InChI=1S/C60H76/c1-38-15-14-16-44-33-49(59(9,10)11)34-45-19-20-46(35-54(44)45)53(29-38)47-23-26-51-50-25-22-43(36-55(50)60(12,13)56(51)37-47)42-21-24-48(58(6,7)8)31-40-17-18-41(27-28-57(3,4)5)52(32-40)39(2)30-42/h14-15,17-21,24,27-35,43-44,47,50-51,55-56H,2,16,22-23,25-26,36-37H2,1,3-13H3/b15-14+,24-21?,28-27+,38-29-,42-30?,48-31?,53-46+/t43?,44?,47-,50?,51?,55+,56-/m0/s1. The predicted molar refractivity (Wildman–Crippen MR) is 263 cm³/mol. The second kappa shape index (κ2) is 15.8. The van der Waals surface area contributed by atoms with Crippen molar-refractivity contribution in [2.75, 3.05) is 0 Å². The maximum Gasteiger partial charge on any atom is 0.00647 e. The van der Waals surface area contributed by atoms with Gasteiger partial charge in [-0.3, -0.25) is 0 Å². The fraction of sp³-hybridized carbons (Fsp3) is 0.500. The highest BCUT2D eigenvalue weighted by atomic mass is 14.6. The minimum absolute atomic E-state index is 0.0447. The summed E-state index contributed by atoms with van der Waals surface area (Å²) in [4.78, 5) is 0. The van der Waals surface area contributed by atoms with E-state index in [1.807, 2.05) is 0 Å². The van der Waals surface area contributed by atoms with Crippen molar-refractivity contribution in [3.05, 3.63) is 140 Å². The zero-order valence-electron chi connectivity index (χ0n) is 39.5. The fourth-order valence-corrected chi connectivity index (χ4v) is 12.4. The van der Waals surface area contributed by atoms with Gasteiger partial charge in [0.25, 0.3) is 0 Å². The fourth-order valence-electron chi connectivity index (χ4n) is 12.4. The summed E-state index contributed by atoms with van der Waals surface area (Å²) >= 11 is 0. The van der Waals surface area contributed by atoms with Crippen molar-refractivity contribution in [2.45, 2.75) is 145 Å². The van der Waals surface area contributed by atoms with E-state index in [-0.39, 0.29) is 16.2 Å². The molecule has 0 nitrogen and oxygen atoms in total. The van der Waals surface area contributed by atoms with E-state index in [4.69, 9.17) is 6.58 Å². The zero-order chi connectivity index (χ0) is 42.9. The van der Waals surface area contributed by atoms with E-state index in [0.717, 1.165) is 35.3 Å². The molecule has 0 heteroatoms. The van der Waals surface area contributed by atoms with Crippen LogP contribution in [0.3, 0.4) is 0 Å². The summed E-state index contributed by atoms with van der Waals surface area (Å²) in [6, 6.07) is 24.3. The third-order valence-corrected chi connectivity index (χ3v) is 15.9. The van der Waals surface area contributed by atoms with Crippen LogP contribution in [0, 0.1) is 45.8 Å². The Labute approximate surface area is 364 Å². The summed E-state index contributed by atoms with van der Waals surface area (Å²) in [6.45, 7) is 33.4. The molecule has 5 aliphatic carbocycles. The first-order valence-electron chi connectivity index (χ1n) is 23.7. The van der Waals surface area contributed by atoms with E-state index in [2.05, 4.69) is 186 Å². The Morgan fingerprint density at radius 2 is 1.42 bits per heavy atom. The molecule has 8 rings (SSSR count). The van der Waals surface area contributed by atoms with Crippen LogP contribution >= 0.6 is 0 Å². The highest BCUT2D eigenvalue weighted by Crippen LogP contribution is 2.65. The van der Waals surface area contributed by atoms with Gasteiger partial charge in [0.2, 0.25) is 0 Å². The van der Waals surface area contributed by atoms with Crippen LogP contribution in [-0.4, -0.2) is 0 Å². The third kappa shape index (κ3) is 8.61. The first-order chi connectivity index (χ1) is 28.2. The number of fused-ring (bicyclic) bond motifs is 6. The van der Waals surface area contributed by atoms with Crippen molar-refractivity contribution < 1.29 is 0 Å². The van der Waals surface area contributed by atoms with Crippen LogP contribution in [0.25, 0.3) is 35.1 Å². The van der Waals surface area contributed by atoms with Crippen LogP contribution < -0.4 is 15.7 Å². The van der Waals surface area contributed by atoms with Gasteiger partial charge < -0.3 is 0 Å². The highest BCUT2D eigenvalue weighted by molar-refractivity contribution is 5.79. The highest BCUT2D eigenvalue weighted by Gasteiger charge is 2.57. The summed E-state index contributed by atoms with van der Waals surface area (Å²) in [5.41, 5.74) is 10.7. The molecule has 60 heavy (non-hydrogen) atoms. The molecule has 3 fully saturated rings. The van der Waals surface area contributed by atoms with Crippen LogP contribution in [0.5, 0.6) is 0 Å². The molecule has 0 spiro atoms. The Balaban J connectivity index is 1.14. The van der Waals surface area contributed by atoms with Crippen molar-refractivity contribution in [2.24, 2.45) is 45.8 Å². The maximum absolute atomic E-state index is 4.77. The van der Waals surface area contributed by atoms with Crippen LogP contribution in [0.1, 0.15) is 162 Å². The van der Waals surface area contributed by atoms with Gasteiger partial charge in [-0.15, -0.1) is 0 Å². The largest absolute Gasteiger partial charge is 0.0911 e. The number of rotatable bonds is 3. The minimum atomic E-state index is 0.0447. The van der Waals surface area contributed by atoms with Crippen molar-refractivity contribution in [3.63, 3.8) is 0 Å². The van der Waals surface area contributed by atoms with Gasteiger partial charge in [0.05, 0.1) is 0 Å². The molecule has 7 atom stereocenters. The van der Waals surface area contributed by atoms with Gasteiger partial charge in [-0.2, -0.15) is 0 Å². The molecule has 3 saturated carbocycles. The number of benzene rings is 2. The maximum atomic E-state index is 4.77. The lowest BCUT2D eigenvalue weighted by atomic mass is 9.64. The molecule has 0 radical (unpaired) electrons. The Morgan fingerprint density at radius 1 is 0.717 bits per heavy atom. The summed E-state index contributed by atoms with van der Waals surface area (Å²) in [5.74, 6) is 4.76. The predicted octanol–water partition coefficient (Wildman–Crippen LogP) is 14.6. The van der Waals surface area contributed by atoms with Gasteiger partial charge in [-0.05, 0) is 175 Å². The minimum Gasteiger partial charge on any atom is -0.0911 e. The van der Waals surface area contributed by atoms with Crippen molar-refractivity contribution in [3.8, 4) is 0 Å². The van der Waals surface area contributed by atoms with Crippen molar-refractivity contribution >= 4 is 35.1 Å². The van der Waals surface area contributed by atoms with E-state index in [1.54, 1.807) is 5.57 Å². The molecule has 316 valence electrons. The van der Waals surface area contributed by atoms with Crippen molar-refractivity contribution in [1.29, 1.82) is 0 Å². The van der Waals surface area contributed by atoms with E-state index in [9.17, 15) is 0 Å². The smallest absolute Gasteiger partial charge is 0.00647 e. The zero-order valence-corrected chi connectivity index (χ0v) is 39.5. The lowest BCUT2D eigenvalue weighted by Crippen LogP contribution is -2.33. The second-order valence-electron chi connectivity index (χ2n) is 23.7. The summed E-state index contributed by atoms with van der Waals surface area (Å²) in [7, 11) is 0. The van der Waals surface area contributed by atoms with Gasteiger partial charge in [-0.1, -0.05) is 185 Å². The SMILES string of the molecule is C=c1cc(C2CCC3C4CC[C@H](C5=c6\ccc7c(c6)C(C=C(C(C)(C)C)C=7)C/C=C/C(C)=C\5)C[C@@H]4C(C)(C)[C@@H]3C2)ccc(C(C)(C)C)cc2ccc(/C=C/C(C)(C)C)c1c2. The summed E-state index contributed by atoms with van der Waals surface area (Å²) in [5, 5.41) is 6.54. The molecule has 0 aliphatic heterocycles. The van der Waals surface area contributed by atoms with Gasteiger partial charge in [0.15, 0.2) is 0 Å². The molecule has 3 aromatic rings. The Kier molecular flexibility index (Phi) is 11.2. The second-order valence-corrected chi connectivity index (χ2v) is 23.7. The number of allylic oxidation sites excluding steroid dienone is 7. The third-order valence-electron chi connectivity index (χ3n) is 15.9. The molecule has 4 bridgehead atoms. The normalized spacial score (nSPS) is 30.0. The molecule has 0 N–H and O–H groups in total. The van der Waals surface area contributed by atoms with E-state index in [1.165, 1.54) is 93.1 Å². The summed E-state index contributed by atoms with van der Waals surface area (Å²) in [6.07, 6.45) is 26.1. The molecule has 0 saturated heterocycles. The number of hydrogen-bond acceptors (Lipinski definition) is 0. The van der Waals surface area contributed by atoms with Gasteiger partial charge in [0.1, 0.15) is 0 Å². The molecule has 5 aliphatic rings. The lowest BCUT2D eigenvalue weighted by molar-refractivity contribution is 0.109.